The first kappa shape index (κ1) is 11.3. The summed E-state index contributed by atoms with van der Waals surface area (Å²) in [5.74, 6) is 1.07. The van der Waals surface area contributed by atoms with Gasteiger partial charge in [0, 0.05) is 0 Å². The van der Waals surface area contributed by atoms with Crippen LogP contribution in [0.15, 0.2) is 0 Å². The number of nitrogens with one attached hydrogen (secondary N) is 2. The Hall–Kier alpha value is -0.730. The molecule has 0 amide bonds. The third kappa shape index (κ3) is 4.99. The summed E-state index contributed by atoms with van der Waals surface area (Å²) in [6.45, 7) is 9.47. The standard InChI is InChI=1S/C9H21N3/c1-7-10-8(12(5)6)11-9(2,3)4/h7H2,1-6H3,(H,10,11)/p+1. The average molecular weight is 172 g/mol. The van der Waals surface area contributed by atoms with Gasteiger partial charge in [-0.1, -0.05) is 0 Å². The van der Waals surface area contributed by atoms with Crippen LogP contribution in [0.5, 0.6) is 0 Å². The zero-order valence-electron chi connectivity index (χ0n) is 9.15. The minimum Gasteiger partial charge on any atom is -0.278 e. The van der Waals surface area contributed by atoms with Gasteiger partial charge in [0.1, 0.15) is 0 Å². The summed E-state index contributed by atoms with van der Waals surface area (Å²) in [5, 5.41) is 6.66. The van der Waals surface area contributed by atoms with Gasteiger partial charge >= 0.3 is 5.96 Å². The van der Waals surface area contributed by atoms with Crippen molar-refractivity contribution in [3.8, 4) is 0 Å². The first-order valence-corrected chi connectivity index (χ1v) is 4.43. The maximum Gasteiger partial charge on any atom is 0.345 e. The molecule has 2 N–H and O–H groups in total. The summed E-state index contributed by atoms with van der Waals surface area (Å²) in [4.78, 5) is 0. The third-order valence-corrected chi connectivity index (χ3v) is 1.28. The molecule has 3 nitrogen and oxygen atoms in total. The number of guanidine groups is 1. The molecule has 12 heavy (non-hydrogen) atoms. The van der Waals surface area contributed by atoms with E-state index in [9.17, 15) is 0 Å². The first-order chi connectivity index (χ1) is 5.37. The summed E-state index contributed by atoms with van der Waals surface area (Å²) >= 11 is 0. The van der Waals surface area contributed by atoms with Crippen molar-refractivity contribution in [2.75, 3.05) is 20.6 Å². The molecule has 0 saturated carbocycles. The van der Waals surface area contributed by atoms with E-state index in [1.165, 1.54) is 0 Å². The van der Waals surface area contributed by atoms with E-state index in [4.69, 9.17) is 0 Å². The van der Waals surface area contributed by atoms with Crippen LogP contribution in [0.3, 0.4) is 0 Å². The summed E-state index contributed by atoms with van der Waals surface area (Å²) in [7, 11) is 4.05. The topological polar surface area (TPSA) is 27.1 Å². The fraction of sp³-hybridized carbons (Fsp3) is 0.889. The van der Waals surface area contributed by atoms with Gasteiger partial charge in [-0.2, -0.15) is 0 Å². The molecule has 0 atom stereocenters. The molecular weight excluding hydrogens is 150 g/mol. The van der Waals surface area contributed by atoms with Crippen molar-refractivity contribution in [1.29, 1.82) is 0 Å². The third-order valence-electron chi connectivity index (χ3n) is 1.28. The number of rotatable bonds is 1. The van der Waals surface area contributed by atoms with Crippen LogP contribution in [0.1, 0.15) is 27.7 Å². The van der Waals surface area contributed by atoms with Crippen LogP contribution in [-0.4, -0.2) is 36.7 Å². The molecule has 0 aliphatic rings. The van der Waals surface area contributed by atoms with Gasteiger partial charge in [0.2, 0.25) is 0 Å². The normalized spacial score (nSPS) is 10.8. The maximum atomic E-state index is 3.39. The van der Waals surface area contributed by atoms with Gasteiger partial charge in [-0.25, -0.2) is 0 Å². The molecule has 72 valence electrons. The second-order valence-corrected chi connectivity index (χ2v) is 4.15. The fourth-order valence-corrected chi connectivity index (χ4v) is 0.837. The number of hydrogen-bond acceptors (Lipinski definition) is 0. The van der Waals surface area contributed by atoms with Crippen molar-refractivity contribution in [2.45, 2.75) is 33.2 Å². The van der Waals surface area contributed by atoms with Crippen molar-refractivity contribution in [3.63, 3.8) is 0 Å². The van der Waals surface area contributed by atoms with Gasteiger partial charge in [-0.05, 0) is 27.7 Å². The zero-order valence-corrected chi connectivity index (χ0v) is 9.15. The Labute approximate surface area is 75.9 Å². The smallest absolute Gasteiger partial charge is 0.278 e. The number of hydrogen-bond donors (Lipinski definition) is 2. The molecule has 0 aliphatic heterocycles. The van der Waals surface area contributed by atoms with Crippen LogP contribution >= 0.6 is 0 Å². The van der Waals surface area contributed by atoms with Crippen LogP contribution < -0.4 is 10.6 Å². The molecule has 0 aromatic rings. The van der Waals surface area contributed by atoms with Gasteiger partial charge in [0.25, 0.3) is 0 Å². The van der Waals surface area contributed by atoms with Crippen LogP contribution in [-0.2, 0) is 0 Å². The van der Waals surface area contributed by atoms with E-state index >= 15 is 0 Å². The van der Waals surface area contributed by atoms with E-state index in [0.717, 1.165) is 12.5 Å². The van der Waals surface area contributed by atoms with Crippen LogP contribution in [0, 0.1) is 0 Å². The lowest BCUT2D eigenvalue weighted by atomic mass is 10.1. The molecule has 0 spiro atoms. The predicted octanol–water partition coefficient (Wildman–Crippen LogP) is 0.612. The summed E-state index contributed by atoms with van der Waals surface area (Å²) < 4.78 is 2.05. The Morgan fingerprint density at radius 3 is 2.00 bits per heavy atom. The highest BCUT2D eigenvalue weighted by atomic mass is 15.2. The van der Waals surface area contributed by atoms with E-state index < -0.39 is 0 Å². The van der Waals surface area contributed by atoms with Crippen molar-refractivity contribution < 1.29 is 4.58 Å². The van der Waals surface area contributed by atoms with Crippen LogP contribution in [0.4, 0.5) is 0 Å². The van der Waals surface area contributed by atoms with Gasteiger partial charge < -0.3 is 0 Å². The highest BCUT2D eigenvalue weighted by molar-refractivity contribution is 5.75. The highest BCUT2D eigenvalue weighted by Crippen LogP contribution is 1.96. The SMILES string of the molecule is CCNC(NC(C)(C)C)=[N+](C)C. The maximum absolute atomic E-state index is 3.39. The van der Waals surface area contributed by atoms with Gasteiger partial charge in [0.15, 0.2) is 0 Å². The Kier molecular flexibility index (Phi) is 4.07. The quantitative estimate of drug-likeness (QED) is 0.344. The van der Waals surface area contributed by atoms with Gasteiger partial charge in [-0.3, -0.25) is 15.2 Å². The molecule has 0 unspecified atom stereocenters. The molecule has 0 saturated heterocycles. The Balaban J connectivity index is 4.26. The van der Waals surface area contributed by atoms with Crippen molar-refractivity contribution in [2.24, 2.45) is 0 Å². The lowest BCUT2D eigenvalue weighted by molar-refractivity contribution is -0.469. The molecule has 0 heterocycles. The largest absolute Gasteiger partial charge is 0.345 e. The second-order valence-electron chi connectivity index (χ2n) is 4.15. The van der Waals surface area contributed by atoms with Crippen molar-refractivity contribution >= 4 is 5.96 Å². The highest BCUT2D eigenvalue weighted by Gasteiger charge is 2.17. The Morgan fingerprint density at radius 1 is 1.25 bits per heavy atom. The second kappa shape index (κ2) is 4.33. The molecule has 3 heteroatoms. The molecule has 0 aromatic heterocycles. The van der Waals surface area contributed by atoms with E-state index in [1.807, 2.05) is 14.1 Å². The lowest BCUT2D eigenvalue weighted by Crippen LogP contribution is -2.51. The van der Waals surface area contributed by atoms with E-state index in [-0.39, 0.29) is 5.54 Å². The molecule has 0 aromatic carbocycles. The minimum absolute atomic E-state index is 0.113. The van der Waals surface area contributed by atoms with Crippen molar-refractivity contribution in [3.05, 3.63) is 0 Å². The lowest BCUT2D eigenvalue weighted by Gasteiger charge is -2.19. The summed E-state index contributed by atoms with van der Waals surface area (Å²) in [6, 6.07) is 0. The Bertz CT molecular complexity index is 161. The molecular formula is C9H22N3+. The van der Waals surface area contributed by atoms with E-state index in [0.29, 0.717) is 0 Å². The first-order valence-electron chi connectivity index (χ1n) is 4.43. The summed E-state index contributed by atoms with van der Waals surface area (Å²) in [5.41, 5.74) is 0.113. The van der Waals surface area contributed by atoms with E-state index in [2.05, 4.69) is 42.9 Å². The minimum atomic E-state index is 0.113. The molecule has 0 radical (unpaired) electrons. The Morgan fingerprint density at radius 2 is 1.75 bits per heavy atom. The van der Waals surface area contributed by atoms with Gasteiger partial charge in [-0.15, -0.1) is 0 Å². The van der Waals surface area contributed by atoms with Gasteiger partial charge in [0.05, 0.1) is 26.2 Å². The fourth-order valence-electron chi connectivity index (χ4n) is 0.837. The predicted molar refractivity (Wildman–Crippen MR) is 53.7 cm³/mol. The molecule has 0 aliphatic carbocycles. The van der Waals surface area contributed by atoms with Crippen molar-refractivity contribution in [1.82, 2.24) is 10.6 Å². The molecule has 0 rings (SSSR count). The molecule has 0 bridgehead atoms. The average Bonchev–Trinajstić information content (AvgIpc) is 1.83. The van der Waals surface area contributed by atoms with Crippen LogP contribution in [0.2, 0.25) is 0 Å². The zero-order chi connectivity index (χ0) is 9.78. The monoisotopic (exact) mass is 172 g/mol. The number of nitrogens with zero attached hydrogens (tertiary/aromatic N) is 1. The summed E-state index contributed by atoms with van der Waals surface area (Å²) in [6.07, 6.45) is 0. The van der Waals surface area contributed by atoms with E-state index in [1.54, 1.807) is 0 Å². The molecule has 0 fully saturated rings. The van der Waals surface area contributed by atoms with Crippen LogP contribution in [0.25, 0.3) is 0 Å².